The molecule has 0 spiro atoms. The molecule has 0 aromatic heterocycles. The summed E-state index contributed by atoms with van der Waals surface area (Å²) in [6.07, 6.45) is 0. The van der Waals surface area contributed by atoms with Gasteiger partial charge in [-0.1, -0.05) is 32.0 Å². The van der Waals surface area contributed by atoms with Crippen LogP contribution in [0.5, 0.6) is 0 Å². The van der Waals surface area contributed by atoms with Gasteiger partial charge in [0.2, 0.25) is 9.84 Å². The summed E-state index contributed by atoms with van der Waals surface area (Å²) < 4.78 is 23.6. The Morgan fingerprint density at radius 2 is 1.94 bits per heavy atom. The molecule has 0 fully saturated rings. The molecular formula is C12H15NO2S. The van der Waals surface area contributed by atoms with E-state index in [9.17, 15) is 8.42 Å². The highest BCUT2D eigenvalue weighted by molar-refractivity contribution is 7.94. The Morgan fingerprint density at radius 3 is 2.62 bits per heavy atom. The number of benzene rings is 1. The molecule has 1 aromatic carbocycles. The van der Waals surface area contributed by atoms with Gasteiger partial charge in [-0.05, 0) is 12.0 Å². The van der Waals surface area contributed by atoms with Crippen LogP contribution in [0.25, 0.3) is 5.70 Å². The number of sulfone groups is 1. The second-order valence-electron chi connectivity index (χ2n) is 4.35. The van der Waals surface area contributed by atoms with E-state index in [2.05, 4.69) is 19.2 Å². The summed E-state index contributed by atoms with van der Waals surface area (Å²) >= 11 is 0. The van der Waals surface area contributed by atoms with Gasteiger partial charge in [0.1, 0.15) is 0 Å². The fourth-order valence-corrected chi connectivity index (χ4v) is 3.07. The molecule has 0 saturated heterocycles. The summed E-state index contributed by atoms with van der Waals surface area (Å²) in [4.78, 5) is 0.404. The van der Waals surface area contributed by atoms with Crippen molar-refractivity contribution < 1.29 is 8.42 Å². The summed E-state index contributed by atoms with van der Waals surface area (Å²) in [5.41, 5.74) is 1.49. The number of hydrogen-bond donors (Lipinski definition) is 1. The van der Waals surface area contributed by atoms with Crippen LogP contribution in [-0.4, -0.2) is 15.0 Å². The lowest BCUT2D eigenvalue weighted by atomic mass is 10.1. The van der Waals surface area contributed by atoms with Crippen LogP contribution in [0.3, 0.4) is 0 Å². The van der Waals surface area contributed by atoms with Gasteiger partial charge in [0.05, 0.1) is 16.0 Å². The van der Waals surface area contributed by atoms with E-state index < -0.39 is 9.84 Å². The van der Waals surface area contributed by atoms with E-state index in [1.54, 1.807) is 12.1 Å². The van der Waals surface area contributed by atoms with E-state index in [0.29, 0.717) is 16.5 Å². The van der Waals surface area contributed by atoms with Gasteiger partial charge in [-0.2, -0.15) is 0 Å². The molecular weight excluding hydrogens is 222 g/mol. The summed E-state index contributed by atoms with van der Waals surface area (Å²) in [7, 11) is -3.23. The molecule has 0 bridgehead atoms. The summed E-state index contributed by atoms with van der Waals surface area (Å²) in [6.45, 7) is 4.95. The van der Waals surface area contributed by atoms with E-state index >= 15 is 0 Å². The molecule has 1 heterocycles. The largest absolute Gasteiger partial charge is 0.384 e. The minimum Gasteiger partial charge on any atom is -0.384 e. The first-order chi connectivity index (χ1) is 7.50. The van der Waals surface area contributed by atoms with Crippen molar-refractivity contribution in [1.29, 1.82) is 0 Å². The number of nitrogens with one attached hydrogen (secondary N) is 1. The quantitative estimate of drug-likeness (QED) is 0.874. The van der Waals surface area contributed by atoms with Crippen molar-refractivity contribution >= 4 is 15.5 Å². The monoisotopic (exact) mass is 237 g/mol. The molecule has 0 amide bonds. The Bertz CT molecular complexity index is 530. The molecule has 3 nitrogen and oxygen atoms in total. The first-order valence-electron chi connectivity index (χ1n) is 5.31. The van der Waals surface area contributed by atoms with Gasteiger partial charge in [-0.3, -0.25) is 0 Å². The zero-order valence-electron chi connectivity index (χ0n) is 9.40. The lowest BCUT2D eigenvalue weighted by Crippen LogP contribution is -2.17. The normalized spacial score (nSPS) is 17.1. The Hall–Kier alpha value is -1.29. The predicted octanol–water partition coefficient (Wildman–Crippen LogP) is 2.02. The maximum atomic E-state index is 11.8. The molecule has 86 valence electrons. The second-order valence-corrected chi connectivity index (χ2v) is 6.11. The van der Waals surface area contributed by atoms with Crippen LogP contribution >= 0.6 is 0 Å². The molecule has 1 aromatic rings. The predicted molar refractivity (Wildman–Crippen MR) is 64.4 cm³/mol. The Kier molecular flexibility index (Phi) is 2.76. The molecule has 0 aliphatic carbocycles. The van der Waals surface area contributed by atoms with Gasteiger partial charge in [-0.15, -0.1) is 0 Å². The van der Waals surface area contributed by atoms with Crippen molar-refractivity contribution in [3.05, 3.63) is 35.2 Å². The lowest BCUT2D eigenvalue weighted by molar-refractivity contribution is 0.605. The van der Waals surface area contributed by atoms with Gasteiger partial charge in [0, 0.05) is 12.1 Å². The van der Waals surface area contributed by atoms with Crippen LogP contribution < -0.4 is 5.32 Å². The molecule has 0 unspecified atom stereocenters. The number of fused-ring (bicyclic) bond motifs is 1. The van der Waals surface area contributed by atoms with Crippen LogP contribution in [0.1, 0.15) is 19.4 Å². The van der Waals surface area contributed by atoms with E-state index in [0.717, 1.165) is 12.1 Å². The minimum atomic E-state index is -3.23. The number of rotatable bonds is 3. The fourth-order valence-electron chi connectivity index (χ4n) is 1.67. The highest BCUT2D eigenvalue weighted by Crippen LogP contribution is 2.31. The summed E-state index contributed by atoms with van der Waals surface area (Å²) in [5.74, 6) is 0.483. The zero-order valence-corrected chi connectivity index (χ0v) is 10.2. The van der Waals surface area contributed by atoms with E-state index in [1.165, 1.54) is 5.41 Å². The molecule has 0 saturated carbocycles. The maximum Gasteiger partial charge on any atom is 0.202 e. The molecule has 0 atom stereocenters. The molecule has 4 heteroatoms. The summed E-state index contributed by atoms with van der Waals surface area (Å²) in [6, 6.07) is 7.07. The first kappa shape index (κ1) is 11.2. The van der Waals surface area contributed by atoms with E-state index in [-0.39, 0.29) is 0 Å². The van der Waals surface area contributed by atoms with Crippen molar-refractivity contribution in [3.63, 3.8) is 0 Å². The highest BCUT2D eigenvalue weighted by atomic mass is 32.2. The fraction of sp³-hybridized carbons (Fsp3) is 0.333. The molecule has 0 radical (unpaired) electrons. The minimum absolute atomic E-state index is 0.404. The summed E-state index contributed by atoms with van der Waals surface area (Å²) in [5, 5.41) is 4.49. The Balaban J connectivity index is 2.36. The van der Waals surface area contributed by atoms with Crippen molar-refractivity contribution in [3.8, 4) is 0 Å². The maximum absolute atomic E-state index is 11.8. The molecule has 1 N–H and O–H groups in total. The topological polar surface area (TPSA) is 46.2 Å². The van der Waals surface area contributed by atoms with E-state index in [4.69, 9.17) is 0 Å². The van der Waals surface area contributed by atoms with Gasteiger partial charge in [0.15, 0.2) is 0 Å². The van der Waals surface area contributed by atoms with Crippen LogP contribution in [-0.2, 0) is 9.84 Å². The third kappa shape index (κ3) is 1.97. The third-order valence-electron chi connectivity index (χ3n) is 2.46. The van der Waals surface area contributed by atoms with Gasteiger partial charge < -0.3 is 5.32 Å². The van der Waals surface area contributed by atoms with Crippen molar-refractivity contribution in [2.45, 2.75) is 18.7 Å². The van der Waals surface area contributed by atoms with Crippen molar-refractivity contribution in [1.82, 2.24) is 5.32 Å². The lowest BCUT2D eigenvalue weighted by Gasteiger charge is -2.10. The third-order valence-corrected chi connectivity index (χ3v) is 3.97. The van der Waals surface area contributed by atoms with E-state index in [1.807, 2.05) is 12.1 Å². The second kappa shape index (κ2) is 3.94. The molecule has 16 heavy (non-hydrogen) atoms. The van der Waals surface area contributed by atoms with Crippen LogP contribution in [0.2, 0.25) is 0 Å². The molecule has 1 aliphatic heterocycles. The average Bonchev–Trinajstić information content (AvgIpc) is 2.49. The zero-order chi connectivity index (χ0) is 11.8. The van der Waals surface area contributed by atoms with Crippen molar-refractivity contribution in [2.75, 3.05) is 6.54 Å². The highest BCUT2D eigenvalue weighted by Gasteiger charge is 2.25. The number of hydrogen-bond acceptors (Lipinski definition) is 3. The standard InChI is InChI=1S/C12H15NO2S/c1-9(2)7-13-11-8-16(14,15)12-6-4-3-5-10(11)12/h3-6,8-9,13H,7H2,1-2H3. The smallest absolute Gasteiger partial charge is 0.202 e. The first-order valence-corrected chi connectivity index (χ1v) is 6.85. The van der Waals surface area contributed by atoms with Gasteiger partial charge in [-0.25, -0.2) is 8.42 Å². The van der Waals surface area contributed by atoms with Crippen LogP contribution in [0.15, 0.2) is 34.6 Å². The average molecular weight is 237 g/mol. The molecule has 2 rings (SSSR count). The van der Waals surface area contributed by atoms with Gasteiger partial charge in [0.25, 0.3) is 0 Å². The van der Waals surface area contributed by atoms with Gasteiger partial charge >= 0.3 is 0 Å². The van der Waals surface area contributed by atoms with Crippen LogP contribution in [0, 0.1) is 5.92 Å². The SMILES string of the molecule is CC(C)CNC1=CS(=O)(=O)c2ccccc21. The Labute approximate surface area is 96.1 Å². The molecule has 1 aliphatic rings. The van der Waals surface area contributed by atoms with Crippen LogP contribution in [0.4, 0.5) is 0 Å². The Morgan fingerprint density at radius 1 is 1.25 bits per heavy atom. The van der Waals surface area contributed by atoms with Crippen molar-refractivity contribution in [2.24, 2.45) is 5.92 Å².